The zero-order valence-corrected chi connectivity index (χ0v) is 18.4. The van der Waals surface area contributed by atoms with E-state index in [4.69, 9.17) is 4.74 Å². The van der Waals surface area contributed by atoms with Gasteiger partial charge in [0.1, 0.15) is 23.6 Å². The van der Waals surface area contributed by atoms with Gasteiger partial charge in [-0.3, -0.25) is 14.5 Å². The fourth-order valence-corrected chi connectivity index (χ4v) is 4.36. The Kier molecular flexibility index (Phi) is 6.44. The van der Waals surface area contributed by atoms with Gasteiger partial charge in [0.25, 0.3) is 5.91 Å². The maximum absolute atomic E-state index is 13.0. The molecule has 2 N–H and O–H groups in total. The molecule has 2 aromatic carbocycles. The van der Waals surface area contributed by atoms with Crippen LogP contribution >= 0.6 is 0 Å². The highest BCUT2D eigenvalue weighted by Crippen LogP contribution is 2.32. The molecule has 4 rings (SSSR count). The topological polar surface area (TPSA) is 87.7 Å². The monoisotopic (exact) mass is 435 g/mol. The van der Waals surface area contributed by atoms with Crippen LogP contribution in [0.3, 0.4) is 0 Å². The molecule has 7 nitrogen and oxygen atoms in total. The van der Waals surface area contributed by atoms with E-state index in [0.29, 0.717) is 24.3 Å². The summed E-state index contributed by atoms with van der Waals surface area (Å²) in [6, 6.07) is 14.2. The average molecular weight is 436 g/mol. The van der Waals surface area contributed by atoms with E-state index in [2.05, 4.69) is 10.6 Å². The summed E-state index contributed by atoms with van der Waals surface area (Å²) in [4.78, 5) is 39.1. The Balaban J connectivity index is 1.34. The highest BCUT2D eigenvalue weighted by molar-refractivity contribution is 6.10. The molecular formula is C25H29N3O4. The van der Waals surface area contributed by atoms with Gasteiger partial charge in [0.05, 0.1) is 0 Å². The van der Waals surface area contributed by atoms with Gasteiger partial charge in [-0.2, -0.15) is 0 Å². The summed E-state index contributed by atoms with van der Waals surface area (Å²) < 4.78 is 5.79. The van der Waals surface area contributed by atoms with E-state index in [-0.39, 0.29) is 12.5 Å². The number of urea groups is 1. The van der Waals surface area contributed by atoms with Crippen LogP contribution < -0.4 is 15.4 Å². The van der Waals surface area contributed by atoms with Crippen LogP contribution in [-0.2, 0) is 9.59 Å². The Morgan fingerprint density at radius 2 is 1.50 bits per heavy atom. The summed E-state index contributed by atoms with van der Waals surface area (Å²) in [6.45, 7) is 1.71. The molecule has 32 heavy (non-hydrogen) atoms. The molecule has 0 aromatic heterocycles. The van der Waals surface area contributed by atoms with E-state index in [0.717, 1.165) is 41.9 Å². The number of carbonyl (C=O) groups is 3. The number of hydrogen-bond donors (Lipinski definition) is 2. The summed E-state index contributed by atoms with van der Waals surface area (Å²) in [5.74, 6) is 0.686. The van der Waals surface area contributed by atoms with Gasteiger partial charge in [-0.05, 0) is 56.2 Å². The lowest BCUT2D eigenvalue weighted by atomic mass is 9.84. The van der Waals surface area contributed by atoms with Crippen LogP contribution in [-0.4, -0.2) is 34.8 Å². The second-order valence-corrected chi connectivity index (χ2v) is 8.66. The van der Waals surface area contributed by atoms with Crippen molar-refractivity contribution in [2.45, 2.75) is 57.4 Å². The average Bonchev–Trinajstić information content (AvgIpc) is 2.99. The third-order valence-corrected chi connectivity index (χ3v) is 6.15. The van der Waals surface area contributed by atoms with Crippen molar-refractivity contribution in [1.82, 2.24) is 10.2 Å². The van der Waals surface area contributed by atoms with Crippen molar-refractivity contribution in [3.8, 4) is 11.5 Å². The number of amides is 4. The van der Waals surface area contributed by atoms with E-state index in [1.54, 1.807) is 24.3 Å². The molecule has 7 heteroatoms. The number of anilines is 1. The van der Waals surface area contributed by atoms with Gasteiger partial charge in [0.15, 0.2) is 0 Å². The lowest BCUT2D eigenvalue weighted by Gasteiger charge is -2.28. The molecule has 4 amide bonds. The Morgan fingerprint density at radius 3 is 2.12 bits per heavy atom. The molecule has 1 aliphatic heterocycles. The maximum atomic E-state index is 13.0. The second-order valence-electron chi connectivity index (χ2n) is 8.66. The SMILES string of the molecule is Cc1ccc(Oc2ccc(NC(=O)CN3C(=O)NC4(CCCCCCC4)C3=O)cc2)cc1. The Bertz CT molecular complexity index is 977. The smallest absolute Gasteiger partial charge is 0.325 e. The Labute approximate surface area is 188 Å². The first-order valence-corrected chi connectivity index (χ1v) is 11.2. The molecule has 1 aliphatic carbocycles. The summed E-state index contributed by atoms with van der Waals surface area (Å²) in [6.07, 6.45) is 6.38. The molecule has 2 aliphatic rings. The standard InChI is InChI=1S/C25H29N3O4/c1-18-7-11-20(12-8-18)32-21-13-9-19(10-14-21)26-22(29)17-28-23(30)25(27-24(28)31)15-5-3-2-4-6-16-25/h7-14H,2-6,15-17H2,1H3,(H,26,29)(H,27,31). The minimum Gasteiger partial charge on any atom is -0.457 e. The molecule has 0 atom stereocenters. The van der Waals surface area contributed by atoms with Crippen LogP contribution in [0.5, 0.6) is 11.5 Å². The number of ether oxygens (including phenoxy) is 1. The minimum absolute atomic E-state index is 0.276. The van der Waals surface area contributed by atoms with Gasteiger partial charge in [0.2, 0.25) is 5.91 Å². The molecule has 1 spiro atoms. The molecule has 2 fully saturated rings. The molecule has 0 radical (unpaired) electrons. The number of imide groups is 1. The zero-order chi connectivity index (χ0) is 22.6. The van der Waals surface area contributed by atoms with E-state index < -0.39 is 17.5 Å². The van der Waals surface area contributed by atoms with Gasteiger partial charge >= 0.3 is 6.03 Å². The lowest BCUT2D eigenvalue weighted by molar-refractivity contribution is -0.134. The van der Waals surface area contributed by atoms with Crippen molar-refractivity contribution in [3.63, 3.8) is 0 Å². The summed E-state index contributed by atoms with van der Waals surface area (Å²) in [5.41, 5.74) is 0.882. The fraction of sp³-hybridized carbons (Fsp3) is 0.400. The van der Waals surface area contributed by atoms with Crippen molar-refractivity contribution in [3.05, 3.63) is 54.1 Å². The molecular weight excluding hydrogens is 406 g/mol. The Hall–Kier alpha value is -3.35. The van der Waals surface area contributed by atoms with Gasteiger partial charge < -0.3 is 15.4 Å². The van der Waals surface area contributed by atoms with E-state index in [9.17, 15) is 14.4 Å². The molecule has 1 saturated heterocycles. The van der Waals surface area contributed by atoms with Crippen LogP contribution in [0.4, 0.5) is 10.5 Å². The Morgan fingerprint density at radius 1 is 0.938 bits per heavy atom. The number of nitrogens with zero attached hydrogens (tertiary/aromatic N) is 1. The van der Waals surface area contributed by atoms with Crippen LogP contribution in [0.25, 0.3) is 0 Å². The highest BCUT2D eigenvalue weighted by atomic mass is 16.5. The normalized spacial score (nSPS) is 18.1. The van der Waals surface area contributed by atoms with Gasteiger partial charge in [-0.1, -0.05) is 49.8 Å². The molecule has 2 aromatic rings. The summed E-state index contributed by atoms with van der Waals surface area (Å²) in [7, 11) is 0. The van der Waals surface area contributed by atoms with Crippen LogP contribution in [0.1, 0.15) is 50.5 Å². The maximum Gasteiger partial charge on any atom is 0.325 e. The molecule has 168 valence electrons. The number of nitrogens with one attached hydrogen (secondary N) is 2. The van der Waals surface area contributed by atoms with E-state index in [1.807, 2.05) is 31.2 Å². The van der Waals surface area contributed by atoms with E-state index >= 15 is 0 Å². The van der Waals surface area contributed by atoms with Crippen molar-refractivity contribution in [2.24, 2.45) is 0 Å². The van der Waals surface area contributed by atoms with Crippen molar-refractivity contribution < 1.29 is 19.1 Å². The third-order valence-electron chi connectivity index (χ3n) is 6.15. The number of aryl methyl sites for hydroxylation is 1. The highest BCUT2D eigenvalue weighted by Gasteiger charge is 2.50. The van der Waals surface area contributed by atoms with Gasteiger partial charge in [-0.25, -0.2) is 4.79 Å². The van der Waals surface area contributed by atoms with Gasteiger partial charge in [0, 0.05) is 5.69 Å². The van der Waals surface area contributed by atoms with Gasteiger partial charge in [-0.15, -0.1) is 0 Å². The largest absolute Gasteiger partial charge is 0.457 e. The zero-order valence-electron chi connectivity index (χ0n) is 18.4. The molecule has 0 unspecified atom stereocenters. The quantitative estimate of drug-likeness (QED) is 0.663. The number of benzene rings is 2. The first-order valence-electron chi connectivity index (χ1n) is 11.2. The first kappa shape index (κ1) is 21.9. The summed E-state index contributed by atoms with van der Waals surface area (Å²) in [5, 5.41) is 5.63. The van der Waals surface area contributed by atoms with E-state index in [1.165, 1.54) is 6.42 Å². The van der Waals surface area contributed by atoms with Crippen LogP contribution in [0.15, 0.2) is 48.5 Å². The summed E-state index contributed by atoms with van der Waals surface area (Å²) >= 11 is 0. The molecule has 0 bridgehead atoms. The predicted molar refractivity (Wildman–Crippen MR) is 122 cm³/mol. The van der Waals surface area contributed by atoms with Crippen LogP contribution in [0, 0.1) is 6.92 Å². The first-order chi connectivity index (χ1) is 15.4. The fourth-order valence-electron chi connectivity index (χ4n) is 4.36. The predicted octanol–water partition coefficient (Wildman–Crippen LogP) is 4.76. The second kappa shape index (κ2) is 9.42. The lowest BCUT2D eigenvalue weighted by Crippen LogP contribution is -2.47. The van der Waals surface area contributed by atoms with Crippen LogP contribution in [0.2, 0.25) is 0 Å². The number of rotatable bonds is 5. The molecule has 1 heterocycles. The van der Waals surface area contributed by atoms with Crippen molar-refractivity contribution in [2.75, 3.05) is 11.9 Å². The third kappa shape index (κ3) is 4.93. The number of hydrogen-bond acceptors (Lipinski definition) is 4. The minimum atomic E-state index is -0.841. The van der Waals surface area contributed by atoms with Crippen molar-refractivity contribution in [1.29, 1.82) is 0 Å². The number of carbonyl (C=O) groups excluding carboxylic acids is 3. The van der Waals surface area contributed by atoms with Crippen molar-refractivity contribution >= 4 is 23.5 Å². The molecule has 1 saturated carbocycles.